The Balaban J connectivity index is 2.16. The minimum Gasteiger partial charge on any atom is -0.459 e. The van der Waals surface area contributed by atoms with Crippen LogP contribution in [0.1, 0.15) is 46.5 Å². The molecular formula is C15H26O5Si. The van der Waals surface area contributed by atoms with Crippen LogP contribution in [0.25, 0.3) is 0 Å². The maximum atomic E-state index is 11.4. The first-order valence-electron chi connectivity index (χ1n) is 7.67. The summed E-state index contributed by atoms with van der Waals surface area (Å²) < 4.78 is 17.2. The second-order valence-corrected chi connectivity index (χ2v) is 12.2. The van der Waals surface area contributed by atoms with Crippen molar-refractivity contribution in [3.05, 3.63) is 0 Å². The van der Waals surface area contributed by atoms with Crippen molar-refractivity contribution in [1.29, 1.82) is 0 Å². The third-order valence-corrected chi connectivity index (χ3v) is 9.28. The van der Waals surface area contributed by atoms with E-state index in [1.165, 1.54) is 0 Å². The van der Waals surface area contributed by atoms with Gasteiger partial charge >= 0.3 is 11.9 Å². The van der Waals surface area contributed by atoms with E-state index in [4.69, 9.17) is 13.9 Å². The van der Waals surface area contributed by atoms with Gasteiger partial charge < -0.3 is 13.9 Å². The fraction of sp³-hybridized carbons (Fsp3) is 0.867. The fourth-order valence-corrected chi connectivity index (χ4v) is 3.80. The topological polar surface area (TPSA) is 61.8 Å². The van der Waals surface area contributed by atoms with Crippen molar-refractivity contribution in [1.82, 2.24) is 0 Å². The Bertz CT molecular complexity index is 400. The highest BCUT2D eigenvalue weighted by molar-refractivity contribution is 6.74. The molecule has 2 aliphatic rings. The van der Waals surface area contributed by atoms with Gasteiger partial charge in [0, 0.05) is 12.8 Å². The number of ether oxygens (including phenoxy) is 2. The summed E-state index contributed by atoms with van der Waals surface area (Å²) in [5, 5.41) is 0.0521. The lowest BCUT2D eigenvalue weighted by Gasteiger charge is -2.41. The van der Waals surface area contributed by atoms with Crippen LogP contribution in [0, 0.1) is 0 Å². The van der Waals surface area contributed by atoms with Crippen molar-refractivity contribution in [2.75, 3.05) is 0 Å². The van der Waals surface area contributed by atoms with E-state index in [1.54, 1.807) is 0 Å². The van der Waals surface area contributed by atoms with Crippen molar-refractivity contribution in [2.24, 2.45) is 0 Å². The smallest absolute Gasteiger partial charge is 0.306 e. The minimum atomic E-state index is -2.03. The lowest BCUT2D eigenvalue weighted by Crippen LogP contribution is -2.51. The molecule has 5 nitrogen and oxygen atoms in total. The second-order valence-electron chi connectivity index (χ2n) is 7.48. The van der Waals surface area contributed by atoms with Crippen LogP contribution in [-0.4, -0.2) is 38.6 Å². The largest absolute Gasteiger partial charge is 0.459 e. The van der Waals surface area contributed by atoms with E-state index in [9.17, 15) is 9.59 Å². The molecule has 0 aromatic carbocycles. The highest BCUT2D eigenvalue weighted by Crippen LogP contribution is 2.40. The molecule has 0 saturated carbocycles. The normalized spacial score (nSPS) is 27.1. The number of cyclic esters (lactones) is 2. The van der Waals surface area contributed by atoms with Crippen molar-refractivity contribution >= 4 is 20.3 Å². The second kappa shape index (κ2) is 5.72. The molecule has 2 fully saturated rings. The SMILES string of the molecule is CC(C)(C)[Si](C)(C)OC([C@@H]1CCC(=O)O1)[C@@H]1CCC(=O)O1. The van der Waals surface area contributed by atoms with Gasteiger partial charge in [0.1, 0.15) is 18.3 Å². The van der Waals surface area contributed by atoms with Gasteiger partial charge in [-0.05, 0) is 31.0 Å². The van der Waals surface area contributed by atoms with E-state index in [2.05, 4.69) is 33.9 Å². The highest BCUT2D eigenvalue weighted by Gasteiger charge is 2.47. The van der Waals surface area contributed by atoms with Gasteiger partial charge in [0.15, 0.2) is 8.32 Å². The summed E-state index contributed by atoms with van der Waals surface area (Å²) in [6.07, 6.45) is 1.22. The van der Waals surface area contributed by atoms with Crippen LogP contribution in [0.2, 0.25) is 18.1 Å². The van der Waals surface area contributed by atoms with Crippen LogP contribution in [0.4, 0.5) is 0 Å². The first kappa shape index (κ1) is 16.5. The Morgan fingerprint density at radius 1 is 1.05 bits per heavy atom. The van der Waals surface area contributed by atoms with Gasteiger partial charge in [-0.2, -0.15) is 0 Å². The lowest BCUT2D eigenvalue weighted by atomic mass is 10.0. The fourth-order valence-electron chi connectivity index (χ4n) is 2.46. The van der Waals surface area contributed by atoms with Gasteiger partial charge in [-0.3, -0.25) is 9.59 Å². The molecule has 0 aromatic heterocycles. The minimum absolute atomic E-state index is 0.0521. The molecular weight excluding hydrogens is 288 g/mol. The molecule has 2 saturated heterocycles. The summed E-state index contributed by atoms with van der Waals surface area (Å²) in [5.74, 6) is -0.374. The zero-order valence-corrected chi connectivity index (χ0v) is 14.6. The molecule has 6 heteroatoms. The molecule has 21 heavy (non-hydrogen) atoms. The quantitative estimate of drug-likeness (QED) is 0.590. The maximum absolute atomic E-state index is 11.4. The third kappa shape index (κ3) is 3.66. The van der Waals surface area contributed by atoms with Crippen LogP contribution < -0.4 is 0 Å². The van der Waals surface area contributed by atoms with Crippen LogP contribution in [0.15, 0.2) is 0 Å². The third-order valence-electron chi connectivity index (χ3n) is 4.80. The van der Waals surface area contributed by atoms with Gasteiger partial charge in [0.25, 0.3) is 0 Å². The number of rotatable bonds is 4. The summed E-state index contributed by atoms with van der Waals surface area (Å²) in [5.41, 5.74) is 0. The molecule has 0 unspecified atom stereocenters. The van der Waals surface area contributed by atoms with Gasteiger partial charge in [0.2, 0.25) is 0 Å². The molecule has 120 valence electrons. The van der Waals surface area contributed by atoms with Crippen molar-refractivity contribution in [3.63, 3.8) is 0 Å². The predicted octanol–water partition coefficient (Wildman–Crippen LogP) is 2.79. The first-order valence-corrected chi connectivity index (χ1v) is 10.6. The molecule has 0 radical (unpaired) electrons. The number of esters is 2. The van der Waals surface area contributed by atoms with Gasteiger partial charge in [-0.25, -0.2) is 0 Å². The molecule has 0 spiro atoms. The number of hydrogen-bond donors (Lipinski definition) is 0. The van der Waals surface area contributed by atoms with E-state index in [-0.39, 0.29) is 35.3 Å². The summed E-state index contributed by atoms with van der Waals surface area (Å²) in [7, 11) is -2.03. The molecule has 2 rings (SSSR count). The van der Waals surface area contributed by atoms with Crippen LogP contribution in [0.5, 0.6) is 0 Å². The summed E-state index contributed by atoms with van der Waals surface area (Å²) in [4.78, 5) is 22.9. The first-order chi connectivity index (χ1) is 9.60. The summed E-state index contributed by atoms with van der Waals surface area (Å²) in [6.45, 7) is 10.8. The maximum Gasteiger partial charge on any atom is 0.306 e. The Kier molecular flexibility index (Phi) is 4.49. The molecule has 2 heterocycles. The lowest BCUT2D eigenvalue weighted by molar-refractivity contribution is -0.154. The van der Waals surface area contributed by atoms with Gasteiger partial charge in [-0.15, -0.1) is 0 Å². The summed E-state index contributed by atoms with van der Waals surface area (Å²) in [6, 6.07) is 0. The van der Waals surface area contributed by atoms with Gasteiger partial charge in [-0.1, -0.05) is 20.8 Å². The average molecular weight is 314 g/mol. The van der Waals surface area contributed by atoms with Gasteiger partial charge in [0.05, 0.1) is 0 Å². The highest BCUT2D eigenvalue weighted by atomic mass is 28.4. The van der Waals surface area contributed by atoms with Crippen molar-refractivity contribution in [3.8, 4) is 0 Å². The summed E-state index contributed by atoms with van der Waals surface area (Å²) >= 11 is 0. The number of carbonyl (C=O) groups excluding carboxylic acids is 2. The van der Waals surface area contributed by atoms with E-state index in [1.807, 2.05) is 0 Å². The van der Waals surface area contributed by atoms with E-state index >= 15 is 0 Å². The Hall–Kier alpha value is -0.883. The van der Waals surface area contributed by atoms with Crippen LogP contribution >= 0.6 is 0 Å². The molecule has 0 bridgehead atoms. The Morgan fingerprint density at radius 3 is 1.76 bits per heavy atom. The number of hydrogen-bond acceptors (Lipinski definition) is 5. The van der Waals surface area contributed by atoms with E-state index < -0.39 is 8.32 Å². The van der Waals surface area contributed by atoms with Crippen molar-refractivity contribution in [2.45, 2.75) is 82.9 Å². The van der Waals surface area contributed by atoms with E-state index in [0.717, 1.165) is 0 Å². The average Bonchev–Trinajstić information content (AvgIpc) is 2.94. The molecule has 0 amide bonds. The van der Waals surface area contributed by atoms with Crippen molar-refractivity contribution < 1.29 is 23.5 Å². The van der Waals surface area contributed by atoms with E-state index in [0.29, 0.717) is 25.7 Å². The predicted molar refractivity (Wildman–Crippen MR) is 80.3 cm³/mol. The zero-order chi connectivity index (χ0) is 15.8. The number of carbonyl (C=O) groups is 2. The zero-order valence-electron chi connectivity index (χ0n) is 13.6. The Labute approximate surface area is 127 Å². The monoisotopic (exact) mass is 314 g/mol. The molecule has 0 aromatic rings. The van der Waals surface area contributed by atoms with Crippen LogP contribution in [0.3, 0.4) is 0 Å². The molecule has 0 aliphatic carbocycles. The molecule has 2 atom stereocenters. The molecule has 2 aliphatic heterocycles. The standard InChI is InChI=1S/C15H26O5Si/c1-15(2,3)21(4,5)20-14(10-6-8-12(16)18-10)11-7-9-13(17)19-11/h10-11,14H,6-9H2,1-5H3/t10-,11-/m0/s1. The Morgan fingerprint density at radius 2 is 1.48 bits per heavy atom. The molecule has 0 N–H and O–H groups in total. The van der Waals surface area contributed by atoms with Crippen LogP contribution in [-0.2, 0) is 23.5 Å².